The fourth-order valence-corrected chi connectivity index (χ4v) is 9.82. The molecule has 0 saturated carbocycles. The minimum absolute atomic E-state index is 0.0399. The SMILES string of the molecule is CC[C@H](C)[C@@H]1NC(=O)[C@@H]2CCCN2C(=O)[C@H](Cc2ccccc2)NC(=O)[C@H](C(C)C)NC(=O)[C@H](CC(C)C)NC(=O)[C@@H]2CCCN2C(=O)[C@@H]2CCCN2C(=O)[C@H](Cc2ccccc2)NC1=O. The molecule has 9 atom stereocenters. The molecule has 4 aliphatic rings. The predicted molar refractivity (Wildman–Crippen MR) is 248 cm³/mol. The van der Waals surface area contributed by atoms with Crippen molar-refractivity contribution >= 4 is 47.3 Å². The molecule has 0 radical (unpaired) electrons. The van der Waals surface area contributed by atoms with E-state index >= 15 is 0 Å². The number of nitrogens with zero attached hydrogens (tertiary/aromatic N) is 3. The van der Waals surface area contributed by atoms with Crippen LogP contribution in [0.4, 0.5) is 0 Å². The van der Waals surface area contributed by atoms with Crippen LogP contribution in [0.25, 0.3) is 0 Å². The Hall–Kier alpha value is -5.80. The number of nitrogens with one attached hydrogen (secondary N) is 5. The molecule has 0 aliphatic carbocycles. The van der Waals surface area contributed by atoms with Crippen molar-refractivity contribution < 1.29 is 38.4 Å². The summed E-state index contributed by atoms with van der Waals surface area (Å²) in [6, 6.07) is 10.2. The monoisotopic (exact) mass is 911 g/mol. The highest BCUT2D eigenvalue weighted by Crippen LogP contribution is 2.27. The average Bonchev–Trinajstić information content (AvgIpc) is 4.11. The summed E-state index contributed by atoms with van der Waals surface area (Å²) < 4.78 is 0. The zero-order chi connectivity index (χ0) is 47.7. The molecule has 66 heavy (non-hydrogen) atoms. The number of carbonyl (C=O) groups excluding carboxylic acids is 8. The van der Waals surface area contributed by atoms with Gasteiger partial charge in [-0.2, -0.15) is 0 Å². The van der Waals surface area contributed by atoms with Crippen LogP contribution in [0.5, 0.6) is 0 Å². The summed E-state index contributed by atoms with van der Waals surface area (Å²) in [7, 11) is 0. The first-order valence-electron chi connectivity index (χ1n) is 24.1. The van der Waals surface area contributed by atoms with E-state index in [0.717, 1.165) is 11.1 Å². The Labute approximate surface area is 389 Å². The van der Waals surface area contributed by atoms with Gasteiger partial charge in [-0.05, 0) is 73.8 Å². The van der Waals surface area contributed by atoms with Gasteiger partial charge in [-0.25, -0.2) is 0 Å². The molecule has 0 aromatic heterocycles. The van der Waals surface area contributed by atoms with Crippen LogP contribution in [0.1, 0.15) is 104 Å². The Kier molecular flexibility index (Phi) is 17.0. The van der Waals surface area contributed by atoms with Gasteiger partial charge in [0.1, 0.15) is 48.3 Å². The lowest BCUT2D eigenvalue weighted by Gasteiger charge is -2.35. The van der Waals surface area contributed by atoms with Crippen molar-refractivity contribution in [1.29, 1.82) is 0 Å². The number of fused-ring (bicyclic) bond motifs is 3. The predicted octanol–water partition coefficient (Wildman–Crippen LogP) is 2.63. The second-order valence-electron chi connectivity index (χ2n) is 19.4. The molecule has 0 bridgehead atoms. The number of rotatable bonds is 9. The van der Waals surface area contributed by atoms with Gasteiger partial charge in [-0.15, -0.1) is 0 Å². The van der Waals surface area contributed by atoms with Gasteiger partial charge in [0.25, 0.3) is 0 Å². The molecule has 4 saturated heterocycles. The minimum atomic E-state index is -1.12. The molecule has 358 valence electrons. The number of hydrogen-bond acceptors (Lipinski definition) is 8. The summed E-state index contributed by atoms with van der Waals surface area (Å²) >= 11 is 0. The first kappa shape index (κ1) is 49.6. The molecule has 0 unspecified atom stereocenters. The topological polar surface area (TPSA) is 206 Å². The molecule has 5 N–H and O–H groups in total. The van der Waals surface area contributed by atoms with Crippen LogP contribution in [-0.4, -0.2) is 130 Å². The molecule has 6 rings (SSSR count). The zero-order valence-electron chi connectivity index (χ0n) is 39.4. The van der Waals surface area contributed by atoms with Crippen molar-refractivity contribution in [2.45, 2.75) is 154 Å². The molecule has 4 aliphatic heterocycles. The normalized spacial score (nSPS) is 28.2. The maximum absolute atomic E-state index is 14.8. The third-order valence-electron chi connectivity index (χ3n) is 13.7. The summed E-state index contributed by atoms with van der Waals surface area (Å²) in [6.45, 7) is 11.9. The van der Waals surface area contributed by atoms with Crippen molar-refractivity contribution in [3.8, 4) is 0 Å². The molecule has 8 amide bonds. The molecule has 16 nitrogen and oxygen atoms in total. The Morgan fingerprint density at radius 3 is 1.36 bits per heavy atom. The van der Waals surface area contributed by atoms with Crippen molar-refractivity contribution in [2.24, 2.45) is 17.8 Å². The second kappa shape index (κ2) is 22.6. The maximum atomic E-state index is 14.8. The van der Waals surface area contributed by atoms with Gasteiger partial charge < -0.3 is 41.3 Å². The van der Waals surface area contributed by atoms with E-state index in [1.165, 1.54) is 14.7 Å². The van der Waals surface area contributed by atoms with E-state index in [1.807, 2.05) is 88.4 Å². The lowest BCUT2D eigenvalue weighted by molar-refractivity contribution is -0.148. The largest absolute Gasteiger partial charge is 0.343 e. The van der Waals surface area contributed by atoms with Gasteiger partial charge in [-0.3, -0.25) is 38.4 Å². The van der Waals surface area contributed by atoms with Crippen LogP contribution in [0.15, 0.2) is 60.7 Å². The first-order valence-corrected chi connectivity index (χ1v) is 24.1. The van der Waals surface area contributed by atoms with Crippen LogP contribution in [0.2, 0.25) is 0 Å². The van der Waals surface area contributed by atoms with Crippen LogP contribution >= 0.6 is 0 Å². The quantitative estimate of drug-likeness (QED) is 0.252. The Balaban J connectivity index is 1.39. The Morgan fingerprint density at radius 1 is 0.485 bits per heavy atom. The number of benzene rings is 2. The lowest BCUT2D eigenvalue weighted by Crippen LogP contribution is -2.62. The summed E-state index contributed by atoms with van der Waals surface area (Å²) in [5.41, 5.74) is 1.55. The molecule has 2 aromatic carbocycles. The van der Waals surface area contributed by atoms with E-state index in [9.17, 15) is 38.4 Å². The highest BCUT2D eigenvalue weighted by atomic mass is 16.2. The number of carbonyl (C=O) groups is 8. The highest BCUT2D eigenvalue weighted by molar-refractivity contribution is 5.99. The lowest BCUT2D eigenvalue weighted by atomic mass is 9.96. The maximum Gasteiger partial charge on any atom is 0.246 e. The Morgan fingerprint density at radius 2 is 0.894 bits per heavy atom. The van der Waals surface area contributed by atoms with Crippen LogP contribution in [-0.2, 0) is 51.2 Å². The van der Waals surface area contributed by atoms with Crippen LogP contribution in [0.3, 0.4) is 0 Å². The minimum Gasteiger partial charge on any atom is -0.343 e. The summed E-state index contributed by atoms with van der Waals surface area (Å²) in [4.78, 5) is 120. The van der Waals surface area contributed by atoms with Crippen molar-refractivity contribution in [1.82, 2.24) is 41.3 Å². The van der Waals surface area contributed by atoms with E-state index < -0.39 is 95.6 Å². The molecule has 2 aromatic rings. The van der Waals surface area contributed by atoms with Gasteiger partial charge in [0.05, 0.1) is 0 Å². The van der Waals surface area contributed by atoms with Crippen molar-refractivity contribution in [3.63, 3.8) is 0 Å². The molecule has 16 heteroatoms. The number of hydrogen-bond donors (Lipinski definition) is 5. The fourth-order valence-electron chi connectivity index (χ4n) is 9.82. The molecular formula is C50H70N8O8. The van der Waals surface area contributed by atoms with Gasteiger partial charge in [0, 0.05) is 32.5 Å². The highest BCUT2D eigenvalue weighted by Gasteiger charge is 2.46. The van der Waals surface area contributed by atoms with E-state index in [1.54, 1.807) is 13.8 Å². The van der Waals surface area contributed by atoms with E-state index in [4.69, 9.17) is 0 Å². The zero-order valence-corrected chi connectivity index (χ0v) is 39.4. The van der Waals surface area contributed by atoms with Crippen molar-refractivity contribution in [3.05, 3.63) is 71.8 Å². The van der Waals surface area contributed by atoms with Crippen LogP contribution < -0.4 is 26.6 Å². The standard InChI is InChI=1S/C50H70N8O8/c1-7-32(6)42-47(63)53-37(29-34-19-12-9-13-20-34)49(65)58-26-16-23-40(58)50(66)57-25-15-21-38(57)44(60)51-35(27-30(2)3)43(59)54-41(31(4)5)46(62)52-36(28-33-17-10-8-11-18-33)48(64)56-24-14-22-39(56)45(61)55-42/h8-13,17-20,30-32,35-42H,7,14-16,21-29H2,1-6H3,(H,51,60)(H,52,62)(H,53,63)(H,54,59)(H,55,61)/t32-,35-,36-,37-,38-,39-,40-,41-,42-/m0/s1. The summed E-state index contributed by atoms with van der Waals surface area (Å²) in [5.74, 6) is -4.91. The fraction of sp³-hybridized carbons (Fsp3) is 0.600. The summed E-state index contributed by atoms with van der Waals surface area (Å²) in [5, 5.41) is 14.7. The number of amides is 8. The molecule has 4 fully saturated rings. The average molecular weight is 911 g/mol. The van der Waals surface area contributed by atoms with Gasteiger partial charge in [0.15, 0.2) is 0 Å². The van der Waals surface area contributed by atoms with Gasteiger partial charge in [0.2, 0.25) is 47.3 Å². The van der Waals surface area contributed by atoms with E-state index in [0.29, 0.717) is 44.9 Å². The van der Waals surface area contributed by atoms with Crippen molar-refractivity contribution in [2.75, 3.05) is 19.6 Å². The van der Waals surface area contributed by atoms with E-state index in [2.05, 4.69) is 26.6 Å². The molecule has 0 spiro atoms. The van der Waals surface area contributed by atoms with Gasteiger partial charge in [-0.1, -0.05) is 109 Å². The van der Waals surface area contributed by atoms with Crippen LogP contribution in [0, 0.1) is 17.8 Å². The third-order valence-corrected chi connectivity index (χ3v) is 13.7. The summed E-state index contributed by atoms with van der Waals surface area (Å²) in [6.07, 6.45) is 3.60. The van der Waals surface area contributed by atoms with E-state index in [-0.39, 0.29) is 56.6 Å². The second-order valence-corrected chi connectivity index (χ2v) is 19.4. The third kappa shape index (κ3) is 12.0. The molecule has 4 heterocycles. The molecular weight excluding hydrogens is 841 g/mol. The first-order chi connectivity index (χ1) is 31.6. The smallest absolute Gasteiger partial charge is 0.246 e. The Bertz CT molecular complexity index is 2070. The van der Waals surface area contributed by atoms with Gasteiger partial charge >= 0.3 is 0 Å².